The van der Waals surface area contributed by atoms with Crippen LogP contribution in [0.15, 0.2) is 72.8 Å². The summed E-state index contributed by atoms with van der Waals surface area (Å²) in [6.07, 6.45) is 6.41. The topological polar surface area (TPSA) is 230 Å². The number of carbonyl (C=O) groups excluding carboxylic acids is 7. The number of likely N-dealkylation sites (tertiary alicyclic amines) is 1. The van der Waals surface area contributed by atoms with E-state index in [0.29, 0.717) is 67.0 Å². The number of nitrogens with one attached hydrogen (secondary N) is 4. The number of nitrogens with zero attached hydrogens (tertiary/aromatic N) is 5. The average molecular weight is 913 g/mol. The van der Waals surface area contributed by atoms with Gasteiger partial charge in [-0.1, -0.05) is 24.3 Å². The third-order valence-corrected chi connectivity index (χ3v) is 14.0. The maximum Gasteiger partial charge on any atom is 0.315 e. The molecular formula is C49H56N10O8. The summed E-state index contributed by atoms with van der Waals surface area (Å²) in [6.45, 7) is 2.80. The number of ether oxygens (including phenoxy) is 1. The van der Waals surface area contributed by atoms with Crippen molar-refractivity contribution in [3.63, 3.8) is 0 Å². The number of aromatic nitrogens is 2. The molecule has 5 aliphatic rings. The molecule has 2 saturated heterocycles. The van der Waals surface area contributed by atoms with Gasteiger partial charge < -0.3 is 36.2 Å². The Balaban J connectivity index is 0.703. The fourth-order valence-electron chi connectivity index (χ4n) is 10.3. The Kier molecular flexibility index (Phi) is 13.1. The molecule has 350 valence electrons. The minimum Gasteiger partial charge on any atom is -0.457 e. The molecule has 1 saturated carbocycles. The van der Waals surface area contributed by atoms with Gasteiger partial charge in [0.25, 0.3) is 17.7 Å². The predicted octanol–water partition coefficient (Wildman–Crippen LogP) is 4.57. The quantitative estimate of drug-likeness (QED) is 0.117. The number of benzene rings is 3. The summed E-state index contributed by atoms with van der Waals surface area (Å²) in [4.78, 5) is 94.6. The van der Waals surface area contributed by atoms with Crippen molar-refractivity contribution in [1.29, 1.82) is 0 Å². The van der Waals surface area contributed by atoms with Gasteiger partial charge >= 0.3 is 6.03 Å². The van der Waals surface area contributed by atoms with Gasteiger partial charge in [-0.3, -0.25) is 39.0 Å². The first-order valence-corrected chi connectivity index (χ1v) is 23.3. The van der Waals surface area contributed by atoms with E-state index in [9.17, 15) is 33.6 Å². The molecular weight excluding hydrogens is 857 g/mol. The fourth-order valence-corrected chi connectivity index (χ4v) is 10.3. The number of primary amides is 1. The zero-order valence-corrected chi connectivity index (χ0v) is 37.5. The van der Waals surface area contributed by atoms with Crippen LogP contribution in [0.2, 0.25) is 0 Å². The molecule has 9 rings (SSSR count). The highest BCUT2D eigenvalue weighted by Gasteiger charge is 2.45. The summed E-state index contributed by atoms with van der Waals surface area (Å²) in [5, 5.41) is 16.5. The van der Waals surface area contributed by atoms with Crippen molar-refractivity contribution in [1.82, 2.24) is 40.4 Å². The number of para-hydroxylation sites is 1. The second-order valence-corrected chi connectivity index (χ2v) is 18.2. The van der Waals surface area contributed by atoms with Crippen molar-refractivity contribution >= 4 is 47.3 Å². The van der Waals surface area contributed by atoms with Crippen LogP contribution in [0.3, 0.4) is 0 Å². The predicted molar refractivity (Wildman–Crippen MR) is 246 cm³/mol. The van der Waals surface area contributed by atoms with Crippen molar-refractivity contribution < 1.29 is 38.3 Å². The molecule has 0 radical (unpaired) electrons. The molecule has 1 aromatic heterocycles. The van der Waals surface area contributed by atoms with Crippen LogP contribution in [0.5, 0.6) is 11.5 Å². The fraction of sp³-hybridized carbons (Fsp3) is 0.429. The maximum atomic E-state index is 13.5. The van der Waals surface area contributed by atoms with Gasteiger partial charge in [-0.15, -0.1) is 0 Å². The van der Waals surface area contributed by atoms with Gasteiger partial charge in [0.05, 0.1) is 17.2 Å². The van der Waals surface area contributed by atoms with Crippen LogP contribution in [0, 0.1) is 5.92 Å². The Morgan fingerprint density at radius 3 is 2.28 bits per heavy atom. The summed E-state index contributed by atoms with van der Waals surface area (Å²) >= 11 is 0. The second kappa shape index (κ2) is 19.4. The minimum atomic E-state index is -1.04. The average Bonchev–Trinajstić information content (AvgIpc) is 3.85. The van der Waals surface area contributed by atoms with E-state index < -0.39 is 35.6 Å². The number of imide groups is 2. The molecule has 3 fully saturated rings. The Morgan fingerprint density at radius 2 is 1.57 bits per heavy atom. The Labute approximate surface area is 387 Å². The van der Waals surface area contributed by atoms with Crippen molar-refractivity contribution in [3.8, 4) is 22.8 Å². The van der Waals surface area contributed by atoms with Gasteiger partial charge in [-0.25, -0.2) is 9.48 Å². The van der Waals surface area contributed by atoms with Gasteiger partial charge in [0.1, 0.15) is 34.6 Å². The van der Waals surface area contributed by atoms with Gasteiger partial charge in [0.15, 0.2) is 0 Å². The van der Waals surface area contributed by atoms with Crippen LogP contribution in [0.25, 0.3) is 11.3 Å². The summed E-state index contributed by atoms with van der Waals surface area (Å²) in [5.74, 6) is -0.341. The third kappa shape index (κ3) is 9.61. The smallest absolute Gasteiger partial charge is 0.315 e. The van der Waals surface area contributed by atoms with Crippen molar-refractivity contribution in [3.05, 3.63) is 95.1 Å². The van der Waals surface area contributed by atoms with E-state index in [1.165, 1.54) is 6.07 Å². The number of hydrogen-bond acceptors (Lipinski definition) is 11. The number of carbonyl (C=O) groups is 7. The monoisotopic (exact) mass is 912 g/mol. The van der Waals surface area contributed by atoms with Crippen molar-refractivity contribution in [2.24, 2.45) is 11.7 Å². The summed E-state index contributed by atoms with van der Waals surface area (Å²) in [7, 11) is 2.06. The Bertz CT molecular complexity index is 2570. The zero-order chi connectivity index (χ0) is 46.8. The second-order valence-electron chi connectivity index (χ2n) is 18.2. The van der Waals surface area contributed by atoms with E-state index in [4.69, 9.17) is 15.6 Å². The lowest BCUT2D eigenvalue weighted by Gasteiger charge is -2.39. The molecule has 8 amide bonds. The molecule has 1 aliphatic carbocycles. The number of urea groups is 1. The molecule has 0 spiro atoms. The van der Waals surface area contributed by atoms with Crippen LogP contribution in [-0.2, 0) is 20.9 Å². The number of hydrogen-bond donors (Lipinski definition) is 5. The van der Waals surface area contributed by atoms with E-state index in [-0.39, 0.29) is 60.5 Å². The molecule has 0 bridgehead atoms. The van der Waals surface area contributed by atoms with E-state index in [0.717, 1.165) is 61.2 Å². The highest BCUT2D eigenvalue weighted by Crippen LogP contribution is 2.40. The summed E-state index contributed by atoms with van der Waals surface area (Å²) in [5.41, 5.74) is 8.62. The molecule has 2 atom stereocenters. The molecule has 18 nitrogen and oxygen atoms in total. The lowest BCUT2D eigenvalue weighted by Crippen LogP contribution is -2.54. The van der Waals surface area contributed by atoms with E-state index >= 15 is 0 Å². The summed E-state index contributed by atoms with van der Waals surface area (Å²) < 4.78 is 7.92. The summed E-state index contributed by atoms with van der Waals surface area (Å²) in [6, 6.07) is 20.8. The molecule has 67 heavy (non-hydrogen) atoms. The van der Waals surface area contributed by atoms with Crippen LogP contribution < -0.4 is 31.7 Å². The van der Waals surface area contributed by atoms with Crippen LogP contribution in [0.1, 0.15) is 107 Å². The third-order valence-electron chi connectivity index (χ3n) is 14.0. The standard InChI is InChI=1S/C49H56N10O8/c1-56(33-12-10-32(11-13-33)53-49(66)52-28-29-7-16-36-37(27-29)48(65)58(47(36)64)39-17-18-40(60)54-46(39)63)24-22-41(61)57-25-20-30(21-26-57)38-19-23-51-45-42(44(50)62)43(55-59(38)45)31-8-14-35(15-9-31)67-34-5-3-2-4-6-34/h2-9,14-16,27,30,32-33,38-39,51H,10-13,17-26,28H2,1H3,(H2,50,62)(H2,52,53,66)(H,54,60,63)/t32?,33?,38-,39?/m0/s1. The largest absolute Gasteiger partial charge is 0.457 e. The van der Waals surface area contributed by atoms with Gasteiger partial charge in [0.2, 0.25) is 17.7 Å². The van der Waals surface area contributed by atoms with Gasteiger partial charge in [0, 0.05) is 63.2 Å². The highest BCUT2D eigenvalue weighted by atomic mass is 16.5. The lowest BCUT2D eigenvalue weighted by molar-refractivity contribution is -0.136. The number of amides is 8. The van der Waals surface area contributed by atoms with Gasteiger partial charge in [-0.2, -0.15) is 5.10 Å². The van der Waals surface area contributed by atoms with Crippen LogP contribution in [-0.4, -0.2) is 117 Å². The molecule has 4 aliphatic heterocycles. The molecule has 18 heteroatoms. The zero-order valence-electron chi connectivity index (χ0n) is 37.5. The first kappa shape index (κ1) is 45.1. The van der Waals surface area contributed by atoms with Crippen molar-refractivity contribution in [2.45, 2.75) is 94.9 Å². The van der Waals surface area contributed by atoms with Crippen LogP contribution in [0.4, 0.5) is 10.6 Å². The molecule has 1 unspecified atom stereocenters. The van der Waals surface area contributed by atoms with Crippen molar-refractivity contribution in [2.75, 3.05) is 38.5 Å². The number of nitrogens with two attached hydrogens (primary N) is 1. The number of fused-ring (bicyclic) bond motifs is 2. The van der Waals surface area contributed by atoms with Crippen LogP contribution >= 0.6 is 0 Å². The molecule has 5 heterocycles. The number of anilines is 1. The van der Waals surface area contributed by atoms with E-state index in [2.05, 4.69) is 33.2 Å². The SMILES string of the molecule is CN(CCC(=O)N1CCC([C@@H]2CCNc3c(C(N)=O)c(-c4ccc(Oc5ccccc5)cc4)nn32)CC1)C1CCC(NC(=O)NCc2ccc3c(c2)C(=O)N(C2CCC(=O)NC2=O)C3=O)CC1. The lowest BCUT2D eigenvalue weighted by atomic mass is 9.86. The van der Waals surface area contributed by atoms with E-state index in [1.54, 1.807) is 12.1 Å². The first-order chi connectivity index (χ1) is 32.4. The molecule has 6 N–H and O–H groups in total. The normalized spacial score (nSPS) is 21.9. The Hall–Kier alpha value is -7.08. The minimum absolute atomic E-state index is 0.00701. The maximum absolute atomic E-state index is 13.5. The number of piperidine rings is 2. The highest BCUT2D eigenvalue weighted by molar-refractivity contribution is 6.23. The Morgan fingerprint density at radius 1 is 0.851 bits per heavy atom. The van der Waals surface area contributed by atoms with Gasteiger partial charge in [-0.05, 0) is 118 Å². The molecule has 3 aromatic carbocycles. The molecule has 4 aromatic rings. The van der Waals surface area contributed by atoms with E-state index in [1.807, 2.05) is 64.2 Å². The number of rotatable bonds is 13. The first-order valence-electron chi connectivity index (χ1n) is 23.3.